The number of carbonyl (C=O) groups is 2. The molecule has 23 heavy (non-hydrogen) atoms. The summed E-state index contributed by atoms with van der Waals surface area (Å²) in [5, 5.41) is 0.542. The van der Waals surface area contributed by atoms with Crippen LogP contribution < -0.4 is 0 Å². The van der Waals surface area contributed by atoms with Crippen molar-refractivity contribution >= 4 is 52.2 Å². The number of carbonyl (C=O) groups excluding carboxylic acids is 2. The van der Waals surface area contributed by atoms with Crippen LogP contribution in [0.4, 0.5) is 4.79 Å². The molecule has 0 spiro atoms. The molecule has 0 aromatic heterocycles. The minimum Gasteiger partial charge on any atom is -0.268 e. The van der Waals surface area contributed by atoms with E-state index in [4.69, 9.17) is 23.2 Å². The van der Waals surface area contributed by atoms with Gasteiger partial charge in [0.05, 0.1) is 11.4 Å². The topological polar surface area (TPSA) is 37.4 Å². The van der Waals surface area contributed by atoms with Crippen molar-refractivity contribution in [1.29, 1.82) is 0 Å². The third kappa shape index (κ3) is 3.44. The molecule has 0 atom stereocenters. The first kappa shape index (κ1) is 16.1. The van der Waals surface area contributed by atoms with Crippen LogP contribution in [0.1, 0.15) is 11.1 Å². The minimum atomic E-state index is -0.333. The maximum absolute atomic E-state index is 12.5. The van der Waals surface area contributed by atoms with E-state index in [0.29, 0.717) is 20.5 Å². The van der Waals surface area contributed by atoms with Crippen molar-refractivity contribution in [2.45, 2.75) is 6.54 Å². The summed E-state index contributed by atoms with van der Waals surface area (Å²) < 4.78 is 0. The van der Waals surface area contributed by atoms with Gasteiger partial charge >= 0.3 is 0 Å². The standard InChI is InChI=1S/C17H11Cl2NO2S/c18-13-7-4-8-14(19)12(13)10-20-16(21)15(23-17(20)22)9-11-5-2-1-3-6-11/h1-9H,10H2/b15-9+. The van der Waals surface area contributed by atoms with Gasteiger partial charge in [0.15, 0.2) is 0 Å². The first-order valence-electron chi connectivity index (χ1n) is 6.79. The molecule has 2 aromatic carbocycles. The molecule has 1 aliphatic rings. The van der Waals surface area contributed by atoms with Crippen LogP contribution in [0.3, 0.4) is 0 Å². The lowest BCUT2D eigenvalue weighted by molar-refractivity contribution is -0.123. The third-order valence-electron chi connectivity index (χ3n) is 3.35. The highest BCUT2D eigenvalue weighted by Gasteiger charge is 2.35. The van der Waals surface area contributed by atoms with Gasteiger partial charge in [0.25, 0.3) is 11.1 Å². The molecule has 1 heterocycles. The van der Waals surface area contributed by atoms with Gasteiger partial charge in [-0.15, -0.1) is 0 Å². The fourth-order valence-corrected chi connectivity index (χ4v) is 3.53. The van der Waals surface area contributed by atoms with Crippen molar-refractivity contribution < 1.29 is 9.59 Å². The average molecular weight is 364 g/mol. The zero-order valence-corrected chi connectivity index (χ0v) is 14.2. The van der Waals surface area contributed by atoms with Crippen molar-refractivity contribution in [3.05, 3.63) is 74.6 Å². The number of thioether (sulfide) groups is 1. The van der Waals surface area contributed by atoms with Crippen molar-refractivity contribution in [3.8, 4) is 0 Å². The lowest BCUT2D eigenvalue weighted by atomic mass is 10.2. The summed E-state index contributed by atoms with van der Waals surface area (Å²) in [4.78, 5) is 26.2. The summed E-state index contributed by atoms with van der Waals surface area (Å²) >= 11 is 13.1. The summed E-state index contributed by atoms with van der Waals surface area (Å²) in [5.74, 6) is -0.333. The first-order chi connectivity index (χ1) is 11.1. The van der Waals surface area contributed by atoms with Gasteiger partial charge in [0.1, 0.15) is 0 Å². The Bertz CT molecular complexity index is 785. The number of hydrogen-bond donors (Lipinski definition) is 0. The molecule has 0 bridgehead atoms. The van der Waals surface area contributed by atoms with Gasteiger partial charge in [-0.3, -0.25) is 14.5 Å². The Morgan fingerprint density at radius 1 is 0.957 bits per heavy atom. The Morgan fingerprint density at radius 2 is 1.61 bits per heavy atom. The number of nitrogens with zero attached hydrogens (tertiary/aromatic N) is 1. The Kier molecular flexibility index (Phi) is 4.76. The van der Waals surface area contributed by atoms with Crippen LogP contribution >= 0.6 is 35.0 Å². The van der Waals surface area contributed by atoms with Crippen LogP contribution in [0.2, 0.25) is 10.0 Å². The van der Waals surface area contributed by atoms with Crippen molar-refractivity contribution in [1.82, 2.24) is 4.90 Å². The Balaban J connectivity index is 1.86. The highest BCUT2D eigenvalue weighted by atomic mass is 35.5. The van der Waals surface area contributed by atoms with Gasteiger partial charge in [0, 0.05) is 15.6 Å². The van der Waals surface area contributed by atoms with E-state index in [1.54, 1.807) is 24.3 Å². The van der Waals surface area contributed by atoms with Crippen LogP contribution in [-0.2, 0) is 11.3 Å². The van der Waals surface area contributed by atoms with E-state index in [1.165, 1.54) is 0 Å². The zero-order valence-electron chi connectivity index (χ0n) is 11.8. The molecule has 1 aliphatic heterocycles. The molecular weight excluding hydrogens is 353 g/mol. The Labute approximate surface area is 147 Å². The van der Waals surface area contributed by atoms with Crippen LogP contribution in [0.5, 0.6) is 0 Å². The van der Waals surface area contributed by atoms with Crippen LogP contribution in [0, 0.1) is 0 Å². The highest BCUT2D eigenvalue weighted by Crippen LogP contribution is 2.35. The molecule has 0 unspecified atom stereocenters. The summed E-state index contributed by atoms with van der Waals surface area (Å²) in [7, 11) is 0. The molecule has 1 fully saturated rings. The molecule has 0 N–H and O–H groups in total. The van der Waals surface area contributed by atoms with E-state index in [-0.39, 0.29) is 17.7 Å². The summed E-state index contributed by atoms with van der Waals surface area (Å²) in [6.07, 6.45) is 1.71. The van der Waals surface area contributed by atoms with E-state index in [9.17, 15) is 9.59 Å². The molecule has 6 heteroatoms. The quantitative estimate of drug-likeness (QED) is 0.700. The van der Waals surface area contributed by atoms with Gasteiger partial charge in [-0.05, 0) is 35.5 Å². The first-order valence-corrected chi connectivity index (χ1v) is 8.37. The second-order valence-corrected chi connectivity index (χ2v) is 6.69. The molecule has 0 radical (unpaired) electrons. The third-order valence-corrected chi connectivity index (χ3v) is 4.96. The highest BCUT2D eigenvalue weighted by molar-refractivity contribution is 8.18. The van der Waals surface area contributed by atoms with E-state index in [0.717, 1.165) is 22.2 Å². The van der Waals surface area contributed by atoms with Crippen LogP contribution in [0.15, 0.2) is 53.4 Å². The van der Waals surface area contributed by atoms with E-state index in [1.807, 2.05) is 30.3 Å². The van der Waals surface area contributed by atoms with Crippen molar-refractivity contribution in [2.24, 2.45) is 0 Å². The molecule has 2 aromatic rings. The zero-order chi connectivity index (χ0) is 16.4. The maximum Gasteiger partial charge on any atom is 0.293 e. The normalized spacial score (nSPS) is 16.4. The maximum atomic E-state index is 12.5. The monoisotopic (exact) mass is 363 g/mol. The fraction of sp³-hybridized carbons (Fsp3) is 0.0588. The summed E-state index contributed by atoms with van der Waals surface area (Å²) in [6, 6.07) is 14.5. The molecule has 0 aliphatic carbocycles. The van der Waals surface area contributed by atoms with E-state index >= 15 is 0 Å². The average Bonchev–Trinajstić information content (AvgIpc) is 2.79. The number of halogens is 2. The minimum absolute atomic E-state index is 0.0648. The number of amides is 2. The molecule has 3 nitrogen and oxygen atoms in total. The molecule has 2 amide bonds. The smallest absolute Gasteiger partial charge is 0.268 e. The van der Waals surface area contributed by atoms with Gasteiger partial charge in [-0.1, -0.05) is 59.6 Å². The number of hydrogen-bond acceptors (Lipinski definition) is 3. The number of imide groups is 1. The second kappa shape index (κ2) is 6.79. The number of rotatable bonds is 3. The van der Waals surface area contributed by atoms with E-state index < -0.39 is 0 Å². The molecule has 1 saturated heterocycles. The predicted octanol–water partition coefficient (Wildman–Crippen LogP) is 5.23. The second-order valence-electron chi connectivity index (χ2n) is 4.88. The van der Waals surface area contributed by atoms with E-state index in [2.05, 4.69) is 0 Å². The lowest BCUT2D eigenvalue weighted by Crippen LogP contribution is -2.27. The fourth-order valence-electron chi connectivity index (χ4n) is 2.18. The predicted molar refractivity (Wildman–Crippen MR) is 94.4 cm³/mol. The lowest BCUT2D eigenvalue weighted by Gasteiger charge is -2.14. The van der Waals surface area contributed by atoms with Crippen LogP contribution in [0.25, 0.3) is 6.08 Å². The molecule has 0 saturated carbocycles. The molecule has 3 rings (SSSR count). The molecular formula is C17H11Cl2NO2S. The van der Waals surface area contributed by atoms with Gasteiger partial charge in [-0.25, -0.2) is 0 Å². The van der Waals surface area contributed by atoms with Crippen molar-refractivity contribution in [3.63, 3.8) is 0 Å². The molecule has 116 valence electrons. The SMILES string of the molecule is O=C1S/C(=C/c2ccccc2)C(=O)N1Cc1c(Cl)cccc1Cl. The largest absolute Gasteiger partial charge is 0.293 e. The van der Waals surface area contributed by atoms with Gasteiger partial charge in [0.2, 0.25) is 0 Å². The van der Waals surface area contributed by atoms with Crippen molar-refractivity contribution in [2.75, 3.05) is 0 Å². The Hall–Kier alpha value is -1.75. The van der Waals surface area contributed by atoms with Gasteiger partial charge < -0.3 is 0 Å². The van der Waals surface area contributed by atoms with Gasteiger partial charge in [-0.2, -0.15) is 0 Å². The summed E-state index contributed by atoms with van der Waals surface area (Å²) in [6.45, 7) is 0.0648. The van der Waals surface area contributed by atoms with Crippen LogP contribution in [-0.4, -0.2) is 16.0 Å². The Morgan fingerprint density at radius 3 is 2.26 bits per heavy atom. The number of benzene rings is 2. The summed E-state index contributed by atoms with van der Waals surface area (Å²) in [5.41, 5.74) is 1.44.